The van der Waals surface area contributed by atoms with Crippen LogP contribution in [-0.2, 0) is 10.0 Å². The summed E-state index contributed by atoms with van der Waals surface area (Å²) in [5.74, 6) is -1.71. The number of rotatable bonds is 4. The zero-order valence-corrected chi connectivity index (χ0v) is 13.1. The van der Waals surface area contributed by atoms with Crippen LogP contribution in [0.3, 0.4) is 0 Å². The first-order valence-electron chi connectivity index (χ1n) is 6.90. The van der Waals surface area contributed by atoms with E-state index in [2.05, 4.69) is 4.72 Å². The molecule has 0 radical (unpaired) electrons. The van der Waals surface area contributed by atoms with Crippen LogP contribution in [0, 0.1) is 23.0 Å². The lowest BCUT2D eigenvalue weighted by Crippen LogP contribution is -2.40. The molecule has 1 atom stereocenters. The van der Waals surface area contributed by atoms with Gasteiger partial charge >= 0.3 is 0 Å². The van der Waals surface area contributed by atoms with Gasteiger partial charge in [-0.1, -0.05) is 0 Å². The summed E-state index contributed by atoms with van der Waals surface area (Å²) in [6.45, 7) is 3.68. The molecular formula is C14H17F2N3O2S. The third-order valence-corrected chi connectivity index (χ3v) is 5.51. The molecule has 1 aromatic rings. The number of benzene rings is 1. The smallest absolute Gasteiger partial charge is 0.216 e. The Bertz CT molecular complexity index is 690. The third-order valence-electron chi connectivity index (χ3n) is 3.45. The highest BCUT2D eigenvalue weighted by Gasteiger charge is 2.35. The van der Waals surface area contributed by atoms with Gasteiger partial charge in [-0.25, -0.2) is 21.9 Å². The summed E-state index contributed by atoms with van der Waals surface area (Å²) in [6, 6.07) is 3.34. The van der Waals surface area contributed by atoms with Gasteiger partial charge in [-0.2, -0.15) is 5.26 Å². The molecule has 1 unspecified atom stereocenters. The molecule has 0 amide bonds. The highest BCUT2D eigenvalue weighted by atomic mass is 32.2. The van der Waals surface area contributed by atoms with Crippen molar-refractivity contribution in [3.63, 3.8) is 0 Å². The maximum absolute atomic E-state index is 14.0. The molecule has 120 valence electrons. The van der Waals surface area contributed by atoms with Gasteiger partial charge in [0, 0.05) is 19.1 Å². The first kappa shape index (κ1) is 16.6. The molecule has 0 spiro atoms. The number of halogens is 2. The van der Waals surface area contributed by atoms with Crippen molar-refractivity contribution in [3.05, 3.63) is 29.3 Å². The first-order valence-corrected chi connectivity index (χ1v) is 8.44. The van der Waals surface area contributed by atoms with E-state index in [1.165, 1.54) is 4.90 Å². The Morgan fingerprint density at radius 3 is 2.45 bits per heavy atom. The zero-order valence-electron chi connectivity index (χ0n) is 12.3. The zero-order chi connectivity index (χ0) is 16.5. The summed E-state index contributed by atoms with van der Waals surface area (Å²) in [5, 5.41) is 7.97. The fourth-order valence-electron chi connectivity index (χ4n) is 2.54. The van der Waals surface area contributed by atoms with Crippen molar-refractivity contribution < 1.29 is 17.2 Å². The van der Waals surface area contributed by atoms with E-state index >= 15 is 0 Å². The molecule has 0 bridgehead atoms. The van der Waals surface area contributed by atoms with Crippen LogP contribution in [0.2, 0.25) is 0 Å². The number of nitrogens with zero attached hydrogens (tertiary/aromatic N) is 2. The van der Waals surface area contributed by atoms with E-state index in [1.54, 1.807) is 19.9 Å². The summed E-state index contributed by atoms with van der Waals surface area (Å²) in [7, 11) is -3.53. The lowest BCUT2D eigenvalue weighted by molar-refractivity contribution is 0.555. The fourth-order valence-corrected chi connectivity index (χ4v) is 4.18. The largest absolute Gasteiger partial charge is 0.365 e. The van der Waals surface area contributed by atoms with Gasteiger partial charge < -0.3 is 4.90 Å². The van der Waals surface area contributed by atoms with Gasteiger partial charge in [-0.15, -0.1) is 0 Å². The average molecular weight is 329 g/mol. The average Bonchev–Trinajstić information content (AvgIpc) is 2.86. The molecule has 1 N–H and O–H groups in total. The Kier molecular flexibility index (Phi) is 4.68. The van der Waals surface area contributed by atoms with Crippen molar-refractivity contribution in [2.45, 2.75) is 31.6 Å². The lowest BCUT2D eigenvalue weighted by Gasteiger charge is -2.20. The van der Waals surface area contributed by atoms with E-state index in [9.17, 15) is 17.2 Å². The molecule has 1 aliphatic rings. The van der Waals surface area contributed by atoms with Crippen LogP contribution < -0.4 is 9.62 Å². The Hall–Kier alpha value is -1.72. The van der Waals surface area contributed by atoms with Gasteiger partial charge in [0.1, 0.15) is 5.69 Å². The number of anilines is 1. The van der Waals surface area contributed by atoms with E-state index in [1.807, 2.05) is 0 Å². The van der Waals surface area contributed by atoms with Crippen molar-refractivity contribution >= 4 is 15.7 Å². The van der Waals surface area contributed by atoms with E-state index in [0.717, 1.165) is 12.1 Å². The van der Waals surface area contributed by atoms with Crippen LogP contribution in [0.25, 0.3) is 0 Å². The minimum absolute atomic E-state index is 0.0157. The normalized spacial score (nSPS) is 18.7. The summed E-state index contributed by atoms with van der Waals surface area (Å²) >= 11 is 0. The van der Waals surface area contributed by atoms with Crippen molar-refractivity contribution in [1.82, 2.24) is 4.72 Å². The molecule has 1 saturated heterocycles. The number of nitriles is 1. The van der Waals surface area contributed by atoms with Crippen molar-refractivity contribution in [3.8, 4) is 6.07 Å². The summed E-state index contributed by atoms with van der Waals surface area (Å²) < 4.78 is 54.7. The molecule has 1 aromatic carbocycles. The minimum Gasteiger partial charge on any atom is -0.365 e. The van der Waals surface area contributed by atoms with E-state index in [4.69, 9.17) is 5.26 Å². The lowest BCUT2D eigenvalue weighted by atomic mass is 10.2. The van der Waals surface area contributed by atoms with Gasteiger partial charge in [-0.3, -0.25) is 0 Å². The van der Waals surface area contributed by atoms with Gasteiger partial charge in [0.2, 0.25) is 10.0 Å². The highest BCUT2D eigenvalue weighted by molar-refractivity contribution is 7.90. The van der Waals surface area contributed by atoms with Crippen LogP contribution in [0.4, 0.5) is 14.5 Å². The molecule has 2 rings (SSSR count). The molecule has 1 fully saturated rings. The second-order valence-electron chi connectivity index (χ2n) is 5.57. The Balaban J connectivity index is 2.23. The Morgan fingerprint density at radius 2 is 1.95 bits per heavy atom. The predicted molar refractivity (Wildman–Crippen MR) is 78.9 cm³/mol. The molecule has 5 nitrogen and oxygen atoms in total. The maximum atomic E-state index is 14.0. The fraction of sp³-hybridized carbons (Fsp3) is 0.500. The monoisotopic (exact) mass is 329 g/mol. The molecule has 0 aromatic heterocycles. The number of nitrogens with one attached hydrogen (secondary N) is 1. The van der Waals surface area contributed by atoms with Crippen molar-refractivity contribution in [2.24, 2.45) is 0 Å². The summed E-state index contributed by atoms with van der Waals surface area (Å²) in [4.78, 5) is 1.37. The van der Waals surface area contributed by atoms with E-state index in [0.29, 0.717) is 6.42 Å². The quantitative estimate of drug-likeness (QED) is 0.913. The second-order valence-corrected chi connectivity index (χ2v) is 7.57. The van der Waals surface area contributed by atoms with Gasteiger partial charge in [0.25, 0.3) is 0 Å². The van der Waals surface area contributed by atoms with E-state index < -0.39 is 26.9 Å². The number of sulfonamides is 1. The summed E-state index contributed by atoms with van der Waals surface area (Å²) in [5.41, 5.74) is -0.384. The van der Waals surface area contributed by atoms with Crippen LogP contribution >= 0.6 is 0 Å². The predicted octanol–water partition coefficient (Wildman–Crippen LogP) is 1.74. The molecule has 0 aliphatic carbocycles. The highest BCUT2D eigenvalue weighted by Crippen LogP contribution is 2.29. The SMILES string of the molecule is CC(C)NS(=O)(=O)C1CCN(c2c(F)cc(C#N)cc2F)C1. The van der Waals surface area contributed by atoms with Gasteiger partial charge in [0.05, 0.1) is 16.9 Å². The number of hydrogen-bond donors (Lipinski definition) is 1. The molecule has 1 heterocycles. The molecular weight excluding hydrogens is 312 g/mol. The van der Waals surface area contributed by atoms with Crippen LogP contribution in [0.15, 0.2) is 12.1 Å². The van der Waals surface area contributed by atoms with Gasteiger partial charge in [-0.05, 0) is 32.4 Å². The second kappa shape index (κ2) is 6.18. The van der Waals surface area contributed by atoms with Crippen molar-refractivity contribution in [1.29, 1.82) is 5.26 Å². The van der Waals surface area contributed by atoms with Crippen LogP contribution in [-0.4, -0.2) is 32.8 Å². The minimum atomic E-state index is -3.53. The standard InChI is InChI=1S/C14H17F2N3O2S/c1-9(2)18-22(20,21)11-3-4-19(8-11)14-12(15)5-10(7-17)6-13(14)16/h5-6,9,11,18H,3-4,8H2,1-2H3. The van der Waals surface area contributed by atoms with Crippen LogP contribution in [0.1, 0.15) is 25.8 Å². The van der Waals surface area contributed by atoms with E-state index in [-0.39, 0.29) is 30.4 Å². The number of hydrogen-bond acceptors (Lipinski definition) is 4. The summed E-state index contributed by atoms with van der Waals surface area (Å²) in [6.07, 6.45) is 0.293. The molecule has 0 saturated carbocycles. The molecule has 1 aliphatic heterocycles. The first-order chi connectivity index (χ1) is 10.2. The Morgan fingerprint density at radius 1 is 1.36 bits per heavy atom. The Labute approximate surface area is 128 Å². The van der Waals surface area contributed by atoms with Crippen LogP contribution in [0.5, 0.6) is 0 Å². The topological polar surface area (TPSA) is 73.2 Å². The molecule has 22 heavy (non-hydrogen) atoms. The third kappa shape index (κ3) is 3.36. The van der Waals surface area contributed by atoms with Crippen molar-refractivity contribution in [2.75, 3.05) is 18.0 Å². The molecule has 8 heteroatoms. The maximum Gasteiger partial charge on any atom is 0.216 e. The van der Waals surface area contributed by atoms with Gasteiger partial charge in [0.15, 0.2) is 11.6 Å².